The molecule has 1 heterocycles. The molecule has 0 spiro atoms. The van der Waals surface area contributed by atoms with Gasteiger partial charge in [0, 0.05) is 13.0 Å². The number of hydrogen-bond donors (Lipinski definition) is 0. The van der Waals surface area contributed by atoms with E-state index in [4.69, 9.17) is 4.74 Å². The van der Waals surface area contributed by atoms with Crippen molar-refractivity contribution in [1.29, 1.82) is 0 Å². The Bertz CT molecular complexity index is 240. The highest BCUT2D eigenvalue weighted by molar-refractivity contribution is 5.93. The van der Waals surface area contributed by atoms with E-state index in [-0.39, 0.29) is 12.1 Å². The average molecular weight is 200 g/mol. The summed E-state index contributed by atoms with van der Waals surface area (Å²) in [5, 5.41) is 0. The van der Waals surface area contributed by atoms with Gasteiger partial charge in [-0.3, -0.25) is 9.69 Å². The van der Waals surface area contributed by atoms with Gasteiger partial charge in [0.15, 0.2) is 6.23 Å². The fourth-order valence-corrected chi connectivity index (χ4v) is 1.16. The molecule has 0 aliphatic carbocycles. The summed E-state index contributed by atoms with van der Waals surface area (Å²) in [7, 11) is 3.62. The second-order valence-electron chi connectivity index (χ2n) is 3.60. The van der Waals surface area contributed by atoms with Crippen molar-refractivity contribution in [3.8, 4) is 0 Å². The monoisotopic (exact) mass is 200 g/mol. The third-order valence-corrected chi connectivity index (χ3v) is 2.29. The molecule has 1 fully saturated rings. The lowest BCUT2D eigenvalue weighted by Gasteiger charge is -2.22. The fourth-order valence-electron chi connectivity index (χ4n) is 1.16. The molecular weight excluding hydrogens is 184 g/mol. The third kappa shape index (κ3) is 2.45. The molecule has 1 atom stereocenters. The van der Waals surface area contributed by atoms with Crippen molar-refractivity contribution in [3.05, 3.63) is 0 Å². The van der Waals surface area contributed by atoms with E-state index in [1.165, 1.54) is 4.90 Å². The molecule has 14 heavy (non-hydrogen) atoms. The molecule has 0 aromatic rings. The molecule has 5 nitrogen and oxygen atoms in total. The Balaban J connectivity index is 2.45. The van der Waals surface area contributed by atoms with Crippen molar-refractivity contribution >= 4 is 12.0 Å². The van der Waals surface area contributed by atoms with Crippen LogP contribution < -0.4 is 0 Å². The predicted octanol–water partition coefficient (Wildman–Crippen LogP) is 0.653. The first-order chi connectivity index (χ1) is 6.52. The highest BCUT2D eigenvalue weighted by Crippen LogP contribution is 2.12. The lowest BCUT2D eigenvalue weighted by atomic mass is 10.4. The lowest BCUT2D eigenvalue weighted by Crippen LogP contribution is -2.38. The maximum absolute atomic E-state index is 11.4. The molecule has 0 bridgehead atoms. The highest BCUT2D eigenvalue weighted by atomic mass is 16.6. The maximum atomic E-state index is 11.4. The fraction of sp³-hybridized carbons (Fsp3) is 0.778. The Kier molecular flexibility index (Phi) is 3.46. The summed E-state index contributed by atoms with van der Waals surface area (Å²) < 4.78 is 5.06. The number of rotatable bonds is 2. The van der Waals surface area contributed by atoms with E-state index in [0.29, 0.717) is 13.0 Å². The van der Waals surface area contributed by atoms with Gasteiger partial charge in [-0.25, -0.2) is 9.69 Å². The number of carbonyl (C=O) groups excluding carboxylic acids is 2. The first kappa shape index (κ1) is 11.0. The van der Waals surface area contributed by atoms with Crippen molar-refractivity contribution in [1.82, 2.24) is 9.80 Å². The molecule has 0 saturated carbocycles. The van der Waals surface area contributed by atoms with E-state index >= 15 is 0 Å². The third-order valence-electron chi connectivity index (χ3n) is 2.29. The average Bonchev–Trinajstić information content (AvgIpc) is 2.51. The van der Waals surface area contributed by atoms with Gasteiger partial charge in [-0.2, -0.15) is 0 Å². The molecule has 1 saturated heterocycles. The largest absolute Gasteiger partial charge is 0.430 e. The lowest BCUT2D eigenvalue weighted by molar-refractivity contribution is -0.127. The quantitative estimate of drug-likeness (QED) is 0.614. The SMILES string of the molecule is CC(OC(=O)N1CCCC1=O)N(C)C. The zero-order valence-electron chi connectivity index (χ0n) is 8.82. The summed E-state index contributed by atoms with van der Waals surface area (Å²) >= 11 is 0. The molecule has 1 unspecified atom stereocenters. The number of carbonyl (C=O) groups is 2. The topological polar surface area (TPSA) is 49.9 Å². The first-order valence-electron chi connectivity index (χ1n) is 4.70. The van der Waals surface area contributed by atoms with Crippen LogP contribution in [-0.4, -0.2) is 48.7 Å². The van der Waals surface area contributed by atoms with Crippen LogP contribution in [0, 0.1) is 0 Å². The van der Waals surface area contributed by atoms with Crippen LogP contribution in [-0.2, 0) is 9.53 Å². The number of ether oxygens (including phenoxy) is 1. The second kappa shape index (κ2) is 4.41. The summed E-state index contributed by atoms with van der Waals surface area (Å²) in [6.07, 6.45) is 0.347. The Labute approximate surface area is 83.6 Å². The molecule has 0 aromatic heterocycles. The Morgan fingerprint density at radius 2 is 2.21 bits per heavy atom. The van der Waals surface area contributed by atoms with E-state index in [1.54, 1.807) is 11.8 Å². The summed E-state index contributed by atoms with van der Waals surface area (Å²) in [6, 6.07) is 0. The summed E-state index contributed by atoms with van der Waals surface area (Å²) in [5.74, 6) is -0.138. The number of amides is 2. The van der Waals surface area contributed by atoms with Gasteiger partial charge in [0.1, 0.15) is 0 Å². The first-order valence-corrected chi connectivity index (χ1v) is 4.70. The van der Waals surface area contributed by atoms with E-state index in [0.717, 1.165) is 6.42 Å². The Morgan fingerprint density at radius 1 is 1.57 bits per heavy atom. The van der Waals surface area contributed by atoms with E-state index in [9.17, 15) is 9.59 Å². The molecule has 5 heteroatoms. The van der Waals surface area contributed by atoms with E-state index in [1.807, 2.05) is 14.1 Å². The number of nitrogens with zero attached hydrogens (tertiary/aromatic N) is 2. The van der Waals surface area contributed by atoms with Crippen LogP contribution in [0.1, 0.15) is 19.8 Å². The Hall–Kier alpha value is -1.10. The second-order valence-corrected chi connectivity index (χ2v) is 3.60. The van der Waals surface area contributed by atoms with Crippen LogP contribution in [0.25, 0.3) is 0 Å². The molecule has 1 aliphatic rings. The van der Waals surface area contributed by atoms with Crippen LogP contribution in [0.3, 0.4) is 0 Å². The van der Waals surface area contributed by atoms with Crippen LogP contribution >= 0.6 is 0 Å². The standard InChI is InChI=1S/C9H16N2O3/c1-7(10(2)3)14-9(13)11-6-4-5-8(11)12/h7H,4-6H2,1-3H3. The summed E-state index contributed by atoms with van der Waals surface area (Å²) in [4.78, 5) is 25.5. The summed E-state index contributed by atoms with van der Waals surface area (Å²) in [5.41, 5.74) is 0. The van der Waals surface area contributed by atoms with Gasteiger partial charge in [-0.15, -0.1) is 0 Å². The minimum Gasteiger partial charge on any atom is -0.430 e. The molecule has 2 amide bonds. The summed E-state index contributed by atoms with van der Waals surface area (Å²) in [6.45, 7) is 2.25. The van der Waals surface area contributed by atoms with Gasteiger partial charge < -0.3 is 4.74 Å². The predicted molar refractivity (Wildman–Crippen MR) is 50.6 cm³/mol. The number of hydrogen-bond acceptors (Lipinski definition) is 4. The zero-order valence-corrected chi connectivity index (χ0v) is 8.82. The minimum absolute atomic E-state index is 0.138. The molecule has 0 radical (unpaired) electrons. The van der Waals surface area contributed by atoms with Crippen LogP contribution in [0.2, 0.25) is 0 Å². The van der Waals surface area contributed by atoms with Crippen molar-refractivity contribution < 1.29 is 14.3 Å². The van der Waals surface area contributed by atoms with E-state index in [2.05, 4.69) is 0 Å². The van der Waals surface area contributed by atoms with Crippen LogP contribution in [0.5, 0.6) is 0 Å². The zero-order chi connectivity index (χ0) is 10.7. The van der Waals surface area contributed by atoms with Crippen LogP contribution in [0.4, 0.5) is 4.79 Å². The molecule has 0 N–H and O–H groups in total. The van der Waals surface area contributed by atoms with E-state index < -0.39 is 6.09 Å². The smallest absolute Gasteiger partial charge is 0.418 e. The van der Waals surface area contributed by atoms with Crippen molar-refractivity contribution in [2.45, 2.75) is 26.0 Å². The highest BCUT2D eigenvalue weighted by Gasteiger charge is 2.28. The maximum Gasteiger partial charge on any atom is 0.418 e. The molecule has 1 aliphatic heterocycles. The van der Waals surface area contributed by atoms with Gasteiger partial charge in [0.2, 0.25) is 5.91 Å². The number of likely N-dealkylation sites (tertiary alicyclic amines) is 1. The molecule has 0 aromatic carbocycles. The molecule has 80 valence electrons. The van der Waals surface area contributed by atoms with Crippen LogP contribution in [0.15, 0.2) is 0 Å². The van der Waals surface area contributed by atoms with Crippen molar-refractivity contribution in [2.75, 3.05) is 20.6 Å². The minimum atomic E-state index is -0.534. The normalized spacial score (nSPS) is 18.9. The molecular formula is C9H16N2O3. The van der Waals surface area contributed by atoms with Gasteiger partial charge in [-0.05, 0) is 27.4 Å². The molecule has 1 rings (SSSR count). The Morgan fingerprint density at radius 3 is 2.64 bits per heavy atom. The van der Waals surface area contributed by atoms with Gasteiger partial charge in [0.05, 0.1) is 0 Å². The van der Waals surface area contributed by atoms with Crippen molar-refractivity contribution in [2.24, 2.45) is 0 Å². The van der Waals surface area contributed by atoms with Gasteiger partial charge in [-0.1, -0.05) is 0 Å². The van der Waals surface area contributed by atoms with Crippen molar-refractivity contribution in [3.63, 3.8) is 0 Å². The van der Waals surface area contributed by atoms with Gasteiger partial charge >= 0.3 is 6.09 Å². The van der Waals surface area contributed by atoms with Gasteiger partial charge in [0.25, 0.3) is 0 Å². The number of imide groups is 1.